The Morgan fingerprint density at radius 2 is 2.36 bits per heavy atom. The molecule has 14 heavy (non-hydrogen) atoms. The summed E-state index contributed by atoms with van der Waals surface area (Å²) < 4.78 is 14.2. The third kappa shape index (κ3) is 1.22. The van der Waals surface area contributed by atoms with Crippen molar-refractivity contribution in [2.75, 3.05) is 0 Å². The fraction of sp³-hybridized carbons (Fsp3) is 0.100. The second-order valence-electron chi connectivity index (χ2n) is 2.86. The van der Waals surface area contributed by atoms with Crippen LogP contribution in [-0.4, -0.2) is 5.11 Å². The van der Waals surface area contributed by atoms with Crippen molar-refractivity contribution in [3.63, 3.8) is 0 Å². The molecule has 0 saturated carbocycles. The Balaban J connectivity index is 2.81. The topological polar surface area (TPSA) is 44.0 Å². The van der Waals surface area contributed by atoms with Gasteiger partial charge in [-0.2, -0.15) is 5.26 Å². The van der Waals surface area contributed by atoms with Gasteiger partial charge in [0.05, 0.1) is 12.5 Å². The lowest BCUT2D eigenvalue weighted by Crippen LogP contribution is -1.89. The molecule has 2 nitrogen and oxygen atoms in total. The lowest BCUT2D eigenvalue weighted by molar-refractivity contribution is 0.431. The van der Waals surface area contributed by atoms with Crippen LogP contribution >= 0.6 is 11.3 Å². The predicted octanol–water partition coefficient (Wildman–Crippen LogP) is 2.81. The average Bonchev–Trinajstić information content (AvgIpc) is 2.60. The van der Waals surface area contributed by atoms with E-state index in [-0.39, 0.29) is 17.7 Å². The molecule has 0 aliphatic carbocycles. The average molecular weight is 207 g/mol. The first-order valence-corrected chi connectivity index (χ1v) is 4.86. The summed E-state index contributed by atoms with van der Waals surface area (Å²) in [5.41, 5.74) is 0.281. The Hall–Kier alpha value is -1.60. The predicted molar refractivity (Wildman–Crippen MR) is 52.8 cm³/mol. The zero-order chi connectivity index (χ0) is 10.1. The molecule has 1 aromatic carbocycles. The zero-order valence-corrected chi connectivity index (χ0v) is 7.94. The van der Waals surface area contributed by atoms with E-state index in [1.165, 1.54) is 17.4 Å². The Labute approximate surface area is 83.8 Å². The van der Waals surface area contributed by atoms with Gasteiger partial charge in [-0.05, 0) is 16.8 Å². The number of rotatable bonds is 1. The first-order chi connectivity index (χ1) is 6.74. The van der Waals surface area contributed by atoms with Gasteiger partial charge in [0, 0.05) is 16.3 Å². The lowest BCUT2D eigenvalue weighted by atomic mass is 10.1. The quantitative estimate of drug-likeness (QED) is 0.781. The fourth-order valence-corrected chi connectivity index (χ4v) is 2.24. The molecular formula is C10H6FNOS. The molecule has 1 aromatic heterocycles. The number of fused-ring (bicyclic) bond motifs is 1. The van der Waals surface area contributed by atoms with Crippen LogP contribution in [0.2, 0.25) is 0 Å². The van der Waals surface area contributed by atoms with Gasteiger partial charge < -0.3 is 5.11 Å². The van der Waals surface area contributed by atoms with Crippen molar-refractivity contribution in [2.24, 2.45) is 0 Å². The van der Waals surface area contributed by atoms with Crippen LogP contribution in [0.25, 0.3) is 10.1 Å². The van der Waals surface area contributed by atoms with Crippen molar-refractivity contribution in [1.29, 1.82) is 5.26 Å². The third-order valence-electron chi connectivity index (χ3n) is 2.03. The molecule has 4 heteroatoms. The molecule has 0 aliphatic rings. The Bertz CT molecular complexity index is 527. The highest BCUT2D eigenvalue weighted by Crippen LogP contribution is 2.32. The number of nitriles is 1. The third-order valence-corrected chi connectivity index (χ3v) is 2.90. The van der Waals surface area contributed by atoms with E-state index in [2.05, 4.69) is 0 Å². The van der Waals surface area contributed by atoms with E-state index < -0.39 is 5.82 Å². The van der Waals surface area contributed by atoms with Gasteiger partial charge in [-0.1, -0.05) is 0 Å². The number of benzene rings is 1. The fourth-order valence-electron chi connectivity index (χ4n) is 1.39. The molecule has 2 aromatic rings. The second kappa shape index (κ2) is 3.28. The maximum Gasteiger partial charge on any atom is 0.169 e. The monoisotopic (exact) mass is 207 g/mol. The normalized spacial score (nSPS) is 10.3. The molecule has 0 amide bonds. The van der Waals surface area contributed by atoms with Gasteiger partial charge >= 0.3 is 0 Å². The van der Waals surface area contributed by atoms with Crippen LogP contribution in [0.5, 0.6) is 5.75 Å². The Kier molecular flexibility index (Phi) is 2.10. The molecular weight excluding hydrogens is 201 g/mol. The molecule has 0 bridgehead atoms. The molecule has 0 unspecified atom stereocenters. The summed E-state index contributed by atoms with van der Waals surface area (Å²) >= 11 is 1.41. The lowest BCUT2D eigenvalue weighted by Gasteiger charge is -2.02. The van der Waals surface area contributed by atoms with Crippen molar-refractivity contribution in [3.05, 3.63) is 28.9 Å². The SMILES string of the molecule is N#CCc1c(F)c(O)cc2sccc12. The molecule has 1 heterocycles. The summed E-state index contributed by atoms with van der Waals surface area (Å²) in [6.07, 6.45) is -0.0204. The summed E-state index contributed by atoms with van der Waals surface area (Å²) in [6.45, 7) is 0. The van der Waals surface area contributed by atoms with Gasteiger partial charge in [0.25, 0.3) is 0 Å². The van der Waals surface area contributed by atoms with Crippen LogP contribution in [-0.2, 0) is 6.42 Å². The van der Waals surface area contributed by atoms with E-state index in [4.69, 9.17) is 5.26 Å². The van der Waals surface area contributed by atoms with Gasteiger partial charge in [-0.25, -0.2) is 4.39 Å². The highest BCUT2D eigenvalue weighted by Gasteiger charge is 2.12. The smallest absolute Gasteiger partial charge is 0.169 e. The molecule has 0 fully saturated rings. The van der Waals surface area contributed by atoms with Crippen molar-refractivity contribution < 1.29 is 9.50 Å². The number of thiophene rings is 1. The number of nitrogens with zero attached hydrogens (tertiary/aromatic N) is 1. The summed E-state index contributed by atoms with van der Waals surface area (Å²) in [6, 6.07) is 5.03. The van der Waals surface area contributed by atoms with E-state index in [1.807, 2.05) is 11.4 Å². The summed E-state index contributed by atoms with van der Waals surface area (Å²) in [5.74, 6) is -1.07. The van der Waals surface area contributed by atoms with E-state index in [0.717, 1.165) is 4.70 Å². The van der Waals surface area contributed by atoms with E-state index in [0.29, 0.717) is 5.39 Å². The number of aromatic hydroxyl groups is 1. The molecule has 0 radical (unpaired) electrons. The minimum atomic E-state index is -0.683. The molecule has 0 spiro atoms. The summed E-state index contributed by atoms with van der Waals surface area (Å²) in [4.78, 5) is 0. The number of hydrogen-bond donors (Lipinski definition) is 1. The Morgan fingerprint density at radius 3 is 3.07 bits per heavy atom. The van der Waals surface area contributed by atoms with Crippen LogP contribution in [0, 0.1) is 17.1 Å². The van der Waals surface area contributed by atoms with Gasteiger partial charge in [0.2, 0.25) is 0 Å². The van der Waals surface area contributed by atoms with Crippen LogP contribution in [0.1, 0.15) is 5.56 Å². The van der Waals surface area contributed by atoms with Crippen LogP contribution in [0.15, 0.2) is 17.5 Å². The molecule has 70 valence electrons. The number of phenolic OH excluding ortho intramolecular Hbond substituents is 1. The molecule has 2 rings (SSSR count). The maximum absolute atomic E-state index is 13.4. The van der Waals surface area contributed by atoms with Crippen molar-refractivity contribution in [3.8, 4) is 11.8 Å². The molecule has 0 atom stereocenters. The first-order valence-electron chi connectivity index (χ1n) is 3.98. The molecule has 1 N–H and O–H groups in total. The van der Waals surface area contributed by atoms with E-state index >= 15 is 0 Å². The van der Waals surface area contributed by atoms with Crippen molar-refractivity contribution in [2.45, 2.75) is 6.42 Å². The zero-order valence-electron chi connectivity index (χ0n) is 7.12. The minimum Gasteiger partial charge on any atom is -0.505 e. The largest absolute Gasteiger partial charge is 0.505 e. The van der Waals surface area contributed by atoms with Crippen LogP contribution in [0.3, 0.4) is 0 Å². The summed E-state index contributed by atoms with van der Waals surface area (Å²) in [5, 5.41) is 20.3. The number of phenols is 1. The second-order valence-corrected chi connectivity index (χ2v) is 3.80. The van der Waals surface area contributed by atoms with Gasteiger partial charge in [0.1, 0.15) is 0 Å². The van der Waals surface area contributed by atoms with Gasteiger partial charge in [-0.15, -0.1) is 11.3 Å². The number of hydrogen-bond acceptors (Lipinski definition) is 3. The van der Waals surface area contributed by atoms with Gasteiger partial charge in [-0.3, -0.25) is 0 Å². The summed E-state index contributed by atoms with van der Waals surface area (Å²) in [7, 11) is 0. The first kappa shape index (κ1) is 8.97. The molecule has 0 aliphatic heterocycles. The van der Waals surface area contributed by atoms with E-state index in [9.17, 15) is 9.50 Å². The van der Waals surface area contributed by atoms with Crippen LogP contribution in [0.4, 0.5) is 4.39 Å². The highest BCUT2D eigenvalue weighted by atomic mass is 32.1. The highest BCUT2D eigenvalue weighted by molar-refractivity contribution is 7.17. The maximum atomic E-state index is 13.4. The van der Waals surface area contributed by atoms with Gasteiger partial charge in [0.15, 0.2) is 11.6 Å². The van der Waals surface area contributed by atoms with E-state index in [1.54, 1.807) is 6.07 Å². The minimum absolute atomic E-state index is 0.0204. The van der Waals surface area contributed by atoms with Crippen molar-refractivity contribution >= 4 is 21.4 Å². The van der Waals surface area contributed by atoms with Crippen molar-refractivity contribution in [1.82, 2.24) is 0 Å². The standard InChI is InChI=1S/C10H6FNOS/c11-10-7(1-3-12)6-2-4-14-9(6)5-8(10)13/h2,4-5,13H,1H2. The van der Waals surface area contributed by atoms with Crippen LogP contribution < -0.4 is 0 Å². The Morgan fingerprint density at radius 1 is 1.57 bits per heavy atom. The number of halogens is 1. The molecule has 0 saturated heterocycles.